The SMILES string of the molecule is CC(C)CCOCCNc1ccc(N)cn1. The molecule has 4 heteroatoms. The Balaban J connectivity index is 2.05. The van der Waals surface area contributed by atoms with Gasteiger partial charge in [0.1, 0.15) is 5.82 Å². The van der Waals surface area contributed by atoms with Crippen molar-refractivity contribution in [1.29, 1.82) is 0 Å². The van der Waals surface area contributed by atoms with E-state index in [-0.39, 0.29) is 0 Å². The average molecular weight is 223 g/mol. The van der Waals surface area contributed by atoms with Crippen molar-refractivity contribution in [2.75, 3.05) is 30.8 Å². The van der Waals surface area contributed by atoms with Gasteiger partial charge in [0.2, 0.25) is 0 Å². The number of aromatic nitrogens is 1. The lowest BCUT2D eigenvalue weighted by Gasteiger charge is -2.08. The predicted octanol–water partition coefficient (Wildman–Crippen LogP) is 2.14. The first-order valence-electron chi connectivity index (χ1n) is 5.71. The molecule has 4 nitrogen and oxygen atoms in total. The highest BCUT2D eigenvalue weighted by molar-refractivity contribution is 5.43. The molecule has 0 saturated carbocycles. The van der Waals surface area contributed by atoms with Crippen molar-refractivity contribution in [3.8, 4) is 0 Å². The van der Waals surface area contributed by atoms with Gasteiger partial charge in [0.25, 0.3) is 0 Å². The topological polar surface area (TPSA) is 60.2 Å². The van der Waals surface area contributed by atoms with E-state index in [1.165, 1.54) is 0 Å². The third-order valence-electron chi connectivity index (χ3n) is 2.18. The van der Waals surface area contributed by atoms with Crippen LogP contribution in [0.15, 0.2) is 18.3 Å². The first kappa shape index (κ1) is 12.8. The van der Waals surface area contributed by atoms with Crippen LogP contribution in [0.25, 0.3) is 0 Å². The highest BCUT2D eigenvalue weighted by Crippen LogP contribution is 2.05. The minimum atomic E-state index is 0.679. The molecule has 1 aromatic heterocycles. The predicted molar refractivity (Wildman–Crippen MR) is 67.4 cm³/mol. The van der Waals surface area contributed by atoms with Crippen LogP contribution in [-0.2, 0) is 4.74 Å². The van der Waals surface area contributed by atoms with Crippen LogP contribution in [0, 0.1) is 5.92 Å². The van der Waals surface area contributed by atoms with Crippen molar-refractivity contribution < 1.29 is 4.74 Å². The van der Waals surface area contributed by atoms with Gasteiger partial charge in [-0.1, -0.05) is 13.8 Å². The molecule has 1 heterocycles. The second-order valence-corrected chi connectivity index (χ2v) is 4.20. The summed E-state index contributed by atoms with van der Waals surface area (Å²) in [6.45, 7) is 6.70. The standard InChI is InChI=1S/C12H21N3O/c1-10(2)5-7-16-8-6-14-12-4-3-11(13)9-15-12/h3-4,9-10H,5-8,13H2,1-2H3,(H,14,15). The molecule has 3 N–H and O–H groups in total. The molecule has 0 aliphatic carbocycles. The summed E-state index contributed by atoms with van der Waals surface area (Å²) in [6, 6.07) is 3.69. The molecule has 90 valence electrons. The van der Waals surface area contributed by atoms with Crippen LogP contribution in [-0.4, -0.2) is 24.7 Å². The molecule has 16 heavy (non-hydrogen) atoms. The smallest absolute Gasteiger partial charge is 0.126 e. The lowest BCUT2D eigenvalue weighted by atomic mass is 10.1. The maximum Gasteiger partial charge on any atom is 0.126 e. The van der Waals surface area contributed by atoms with Gasteiger partial charge in [-0.15, -0.1) is 0 Å². The van der Waals surface area contributed by atoms with E-state index in [4.69, 9.17) is 10.5 Å². The van der Waals surface area contributed by atoms with Crippen molar-refractivity contribution in [3.05, 3.63) is 18.3 Å². The maximum absolute atomic E-state index is 5.53. The zero-order valence-electron chi connectivity index (χ0n) is 10.1. The van der Waals surface area contributed by atoms with Crippen LogP contribution in [0.5, 0.6) is 0 Å². The van der Waals surface area contributed by atoms with Gasteiger partial charge >= 0.3 is 0 Å². The zero-order chi connectivity index (χ0) is 11.8. The summed E-state index contributed by atoms with van der Waals surface area (Å²) in [6.07, 6.45) is 2.75. The lowest BCUT2D eigenvalue weighted by molar-refractivity contribution is 0.132. The summed E-state index contributed by atoms with van der Waals surface area (Å²) in [5, 5.41) is 3.17. The molecule has 0 aliphatic rings. The monoisotopic (exact) mass is 223 g/mol. The normalized spacial score (nSPS) is 10.7. The molecule has 0 aliphatic heterocycles. The van der Waals surface area contributed by atoms with Gasteiger partial charge < -0.3 is 15.8 Å². The molecule has 0 unspecified atom stereocenters. The summed E-state index contributed by atoms with van der Waals surface area (Å²) in [5.74, 6) is 1.54. The molecule has 0 fully saturated rings. The Kier molecular flexibility index (Phi) is 5.64. The van der Waals surface area contributed by atoms with Crippen molar-refractivity contribution in [2.24, 2.45) is 5.92 Å². The van der Waals surface area contributed by atoms with E-state index in [9.17, 15) is 0 Å². The van der Waals surface area contributed by atoms with E-state index in [0.717, 1.165) is 25.4 Å². The fourth-order valence-corrected chi connectivity index (χ4v) is 1.18. The molecule has 0 aromatic carbocycles. The largest absolute Gasteiger partial charge is 0.397 e. The minimum absolute atomic E-state index is 0.679. The maximum atomic E-state index is 5.53. The van der Waals surface area contributed by atoms with Crippen molar-refractivity contribution in [2.45, 2.75) is 20.3 Å². The number of nitrogens with zero attached hydrogens (tertiary/aromatic N) is 1. The molecule has 1 aromatic rings. The van der Waals surface area contributed by atoms with Gasteiger partial charge in [0, 0.05) is 13.2 Å². The van der Waals surface area contributed by atoms with E-state index in [2.05, 4.69) is 24.1 Å². The van der Waals surface area contributed by atoms with Crippen LogP contribution < -0.4 is 11.1 Å². The molecular formula is C12H21N3O. The van der Waals surface area contributed by atoms with E-state index < -0.39 is 0 Å². The van der Waals surface area contributed by atoms with Crippen molar-refractivity contribution in [3.63, 3.8) is 0 Å². The van der Waals surface area contributed by atoms with E-state index in [1.54, 1.807) is 6.20 Å². The summed E-state index contributed by atoms with van der Waals surface area (Å²) >= 11 is 0. The number of ether oxygens (including phenoxy) is 1. The summed E-state index contributed by atoms with van der Waals surface area (Å²) in [7, 11) is 0. The van der Waals surface area contributed by atoms with Gasteiger partial charge in [-0.2, -0.15) is 0 Å². The van der Waals surface area contributed by atoms with Crippen molar-refractivity contribution >= 4 is 11.5 Å². The first-order chi connectivity index (χ1) is 7.68. The lowest BCUT2D eigenvalue weighted by Crippen LogP contribution is -2.11. The number of pyridine rings is 1. The molecule has 1 rings (SSSR count). The molecule has 0 radical (unpaired) electrons. The summed E-state index contributed by atoms with van der Waals surface area (Å²) in [5.41, 5.74) is 6.21. The van der Waals surface area contributed by atoms with Crippen LogP contribution in [0.4, 0.5) is 11.5 Å². The fraction of sp³-hybridized carbons (Fsp3) is 0.583. The fourth-order valence-electron chi connectivity index (χ4n) is 1.18. The Labute approximate surface area is 97.2 Å². The Morgan fingerprint density at radius 3 is 2.81 bits per heavy atom. The molecule has 0 amide bonds. The van der Waals surface area contributed by atoms with Gasteiger partial charge in [0.15, 0.2) is 0 Å². The highest BCUT2D eigenvalue weighted by atomic mass is 16.5. The number of nitrogen functional groups attached to an aromatic ring is 1. The van der Waals surface area contributed by atoms with Crippen LogP contribution in [0.1, 0.15) is 20.3 Å². The average Bonchev–Trinajstić information content (AvgIpc) is 2.25. The van der Waals surface area contributed by atoms with E-state index in [1.807, 2.05) is 12.1 Å². The van der Waals surface area contributed by atoms with Crippen LogP contribution >= 0.6 is 0 Å². The van der Waals surface area contributed by atoms with Crippen molar-refractivity contribution in [1.82, 2.24) is 4.98 Å². The quantitative estimate of drug-likeness (QED) is 0.695. The number of nitrogens with one attached hydrogen (secondary N) is 1. The minimum Gasteiger partial charge on any atom is -0.397 e. The molecule has 0 atom stereocenters. The first-order valence-corrected chi connectivity index (χ1v) is 5.71. The molecule has 0 saturated heterocycles. The third-order valence-corrected chi connectivity index (χ3v) is 2.18. The second-order valence-electron chi connectivity index (χ2n) is 4.20. The number of hydrogen-bond donors (Lipinski definition) is 2. The van der Waals surface area contributed by atoms with Gasteiger partial charge in [-0.05, 0) is 24.5 Å². The number of rotatable bonds is 7. The Morgan fingerprint density at radius 2 is 2.19 bits per heavy atom. The highest BCUT2D eigenvalue weighted by Gasteiger charge is 1.95. The number of nitrogens with two attached hydrogens (primary N) is 1. The Morgan fingerprint density at radius 1 is 1.38 bits per heavy atom. The summed E-state index contributed by atoms with van der Waals surface area (Å²) < 4.78 is 5.47. The zero-order valence-corrected chi connectivity index (χ0v) is 10.1. The Bertz CT molecular complexity index is 285. The molecule has 0 spiro atoms. The van der Waals surface area contributed by atoms with Crippen LogP contribution in [0.3, 0.4) is 0 Å². The molecule has 0 bridgehead atoms. The van der Waals surface area contributed by atoms with Gasteiger partial charge in [-0.3, -0.25) is 0 Å². The summed E-state index contributed by atoms with van der Waals surface area (Å²) in [4.78, 5) is 4.13. The number of hydrogen-bond acceptors (Lipinski definition) is 4. The molecular weight excluding hydrogens is 202 g/mol. The van der Waals surface area contributed by atoms with Gasteiger partial charge in [0.05, 0.1) is 18.5 Å². The van der Waals surface area contributed by atoms with Crippen LogP contribution in [0.2, 0.25) is 0 Å². The Hall–Kier alpha value is -1.29. The van der Waals surface area contributed by atoms with E-state index in [0.29, 0.717) is 18.2 Å². The number of anilines is 2. The van der Waals surface area contributed by atoms with E-state index >= 15 is 0 Å². The van der Waals surface area contributed by atoms with Gasteiger partial charge in [-0.25, -0.2) is 4.98 Å². The second kappa shape index (κ2) is 7.06. The third kappa shape index (κ3) is 5.56.